The number of nitrogens with two attached hydrogens (primary N) is 1. The lowest BCUT2D eigenvalue weighted by Gasteiger charge is -2.27. The smallest absolute Gasteiger partial charge is 0.384 e. The number of aromatic nitrogens is 2. The molecule has 1 aliphatic rings. The standard InChI is InChI=1S/C12H20F2N3O13P3/c1-2-3-6(28-32(23,24)30-33(25,26)29-31(20,21)22)8-9(18)12(13,14)10(27-8)17-5-4-7(15)16-11(17)19/h4-6,8-10,18H,2-3H2,1H3,(H,23,24)(H,25,26)(H2,15,16,19)(H2,20,21,22). The van der Waals surface area contributed by atoms with Crippen molar-refractivity contribution in [1.82, 2.24) is 9.55 Å². The normalized spacial score (nSPS) is 27.6. The van der Waals surface area contributed by atoms with Crippen molar-refractivity contribution >= 4 is 29.3 Å². The SMILES string of the molecule is CCCC(OP(=O)(O)OP(=O)(O)OP(=O)(O)O)C1OC(n2ccc(N)nc2=O)C(F)(F)C1O. The van der Waals surface area contributed by atoms with E-state index in [2.05, 4.69) is 18.1 Å². The molecule has 0 radical (unpaired) electrons. The number of nitrogen functional groups attached to an aromatic ring is 1. The van der Waals surface area contributed by atoms with Gasteiger partial charge in [0.25, 0.3) is 0 Å². The van der Waals surface area contributed by atoms with Crippen LogP contribution < -0.4 is 11.4 Å². The van der Waals surface area contributed by atoms with E-state index in [4.69, 9.17) is 20.3 Å². The van der Waals surface area contributed by atoms with Crippen molar-refractivity contribution in [3.8, 4) is 0 Å². The Morgan fingerprint density at radius 1 is 1.24 bits per heavy atom. The fourth-order valence-corrected chi connectivity index (χ4v) is 6.08. The Labute approximate surface area is 183 Å². The van der Waals surface area contributed by atoms with E-state index in [0.717, 1.165) is 12.3 Å². The molecule has 190 valence electrons. The summed E-state index contributed by atoms with van der Waals surface area (Å²) in [6.45, 7) is 1.47. The van der Waals surface area contributed by atoms with Gasteiger partial charge in [0.1, 0.15) is 11.9 Å². The fraction of sp³-hybridized carbons (Fsp3) is 0.667. The van der Waals surface area contributed by atoms with Crippen molar-refractivity contribution in [3.05, 3.63) is 22.7 Å². The maximum absolute atomic E-state index is 14.7. The molecule has 21 heteroatoms. The Hall–Kier alpha value is -1.13. The molecule has 0 spiro atoms. The van der Waals surface area contributed by atoms with Gasteiger partial charge in [0.15, 0.2) is 6.10 Å². The number of phosphoric ester groups is 1. The van der Waals surface area contributed by atoms with Crippen LogP contribution in [0.5, 0.6) is 0 Å². The monoisotopic (exact) mass is 545 g/mol. The Bertz CT molecular complexity index is 1060. The van der Waals surface area contributed by atoms with Gasteiger partial charge < -0.3 is 35.2 Å². The first-order valence-corrected chi connectivity index (χ1v) is 13.3. The molecule has 7 N–H and O–H groups in total. The Morgan fingerprint density at radius 3 is 2.36 bits per heavy atom. The summed E-state index contributed by atoms with van der Waals surface area (Å²) < 4.78 is 80.8. The molecule has 1 saturated heterocycles. The summed E-state index contributed by atoms with van der Waals surface area (Å²) in [5, 5.41) is 10.1. The summed E-state index contributed by atoms with van der Waals surface area (Å²) in [5.74, 6) is -4.44. The average Bonchev–Trinajstić information content (AvgIpc) is 2.81. The lowest BCUT2D eigenvalue weighted by atomic mass is 10.0. The van der Waals surface area contributed by atoms with E-state index in [9.17, 15) is 42.2 Å². The van der Waals surface area contributed by atoms with Crippen LogP contribution in [-0.2, 0) is 31.6 Å². The van der Waals surface area contributed by atoms with Crippen molar-refractivity contribution in [2.24, 2.45) is 0 Å². The second-order valence-electron chi connectivity index (χ2n) is 6.64. The summed E-state index contributed by atoms with van der Waals surface area (Å²) >= 11 is 0. The molecule has 2 rings (SSSR count). The van der Waals surface area contributed by atoms with E-state index in [-0.39, 0.29) is 18.7 Å². The minimum Gasteiger partial charge on any atom is -0.384 e. The van der Waals surface area contributed by atoms with E-state index in [1.165, 1.54) is 6.92 Å². The molecule has 1 aliphatic heterocycles. The maximum Gasteiger partial charge on any atom is 0.490 e. The third-order valence-electron chi connectivity index (χ3n) is 4.05. The summed E-state index contributed by atoms with van der Waals surface area (Å²) in [5.41, 5.74) is 4.04. The lowest BCUT2D eigenvalue weighted by molar-refractivity contribution is -0.141. The molecule has 0 saturated carbocycles. The zero-order valence-electron chi connectivity index (χ0n) is 16.4. The molecular formula is C12H20F2N3O13P3. The predicted molar refractivity (Wildman–Crippen MR) is 101 cm³/mol. The molecule has 0 bridgehead atoms. The van der Waals surface area contributed by atoms with E-state index in [1.807, 2.05) is 0 Å². The number of nitrogens with zero attached hydrogens (tertiary/aromatic N) is 2. The van der Waals surface area contributed by atoms with Gasteiger partial charge in [-0.05, 0) is 12.5 Å². The lowest BCUT2D eigenvalue weighted by Crippen LogP contribution is -2.44. The van der Waals surface area contributed by atoms with Gasteiger partial charge in [-0.1, -0.05) is 13.3 Å². The number of halogens is 2. The first-order chi connectivity index (χ1) is 14.9. The molecule has 0 aliphatic carbocycles. The number of ether oxygens (including phenoxy) is 1. The van der Waals surface area contributed by atoms with Gasteiger partial charge in [-0.25, -0.2) is 18.5 Å². The number of phosphoric acid groups is 3. The fourth-order valence-electron chi connectivity index (χ4n) is 2.86. The molecule has 6 unspecified atom stereocenters. The van der Waals surface area contributed by atoms with Crippen LogP contribution in [0.4, 0.5) is 14.6 Å². The second-order valence-corrected chi connectivity index (χ2v) is 11.0. The van der Waals surface area contributed by atoms with Gasteiger partial charge in [-0.3, -0.25) is 9.09 Å². The highest BCUT2D eigenvalue weighted by atomic mass is 31.3. The molecule has 33 heavy (non-hydrogen) atoms. The number of hydrogen-bond acceptors (Lipinski definition) is 11. The summed E-state index contributed by atoms with van der Waals surface area (Å²) in [7, 11) is -17.3. The third kappa shape index (κ3) is 7.18. The van der Waals surface area contributed by atoms with Gasteiger partial charge in [0, 0.05) is 6.20 Å². The van der Waals surface area contributed by atoms with E-state index in [0.29, 0.717) is 4.57 Å². The largest absolute Gasteiger partial charge is 0.490 e. The van der Waals surface area contributed by atoms with Gasteiger partial charge in [-0.2, -0.15) is 22.4 Å². The zero-order chi connectivity index (χ0) is 25.4. The number of hydrogen-bond donors (Lipinski definition) is 6. The minimum absolute atomic E-state index is 0.0760. The topological polar surface area (TPSA) is 250 Å². The van der Waals surface area contributed by atoms with E-state index >= 15 is 0 Å². The average molecular weight is 545 g/mol. The summed E-state index contributed by atoms with van der Waals surface area (Å²) in [4.78, 5) is 51.2. The van der Waals surface area contributed by atoms with Crippen LogP contribution in [0.15, 0.2) is 17.1 Å². The highest BCUT2D eigenvalue weighted by Gasteiger charge is 2.62. The third-order valence-corrected chi connectivity index (χ3v) is 7.91. The molecular weight excluding hydrogens is 525 g/mol. The zero-order valence-corrected chi connectivity index (χ0v) is 19.1. The van der Waals surface area contributed by atoms with Crippen molar-refractivity contribution in [2.45, 2.75) is 50.2 Å². The molecule has 16 nitrogen and oxygen atoms in total. The maximum atomic E-state index is 14.7. The molecule has 6 atom stereocenters. The van der Waals surface area contributed by atoms with Crippen molar-refractivity contribution < 1.29 is 65.0 Å². The number of anilines is 1. The second kappa shape index (κ2) is 9.85. The van der Waals surface area contributed by atoms with Crippen LogP contribution in [0.3, 0.4) is 0 Å². The van der Waals surface area contributed by atoms with E-state index in [1.54, 1.807) is 0 Å². The van der Waals surface area contributed by atoms with Crippen molar-refractivity contribution in [2.75, 3.05) is 5.73 Å². The van der Waals surface area contributed by atoms with Crippen molar-refractivity contribution in [3.63, 3.8) is 0 Å². The first kappa shape index (κ1) is 28.1. The van der Waals surface area contributed by atoms with Crippen LogP contribution >= 0.6 is 23.5 Å². The molecule has 0 amide bonds. The number of aliphatic hydroxyl groups excluding tert-OH is 1. The van der Waals surface area contributed by atoms with Gasteiger partial charge in [0.2, 0.25) is 6.23 Å². The van der Waals surface area contributed by atoms with Gasteiger partial charge in [0.05, 0.1) is 6.10 Å². The molecule has 2 heterocycles. The van der Waals surface area contributed by atoms with E-state index < -0.39 is 59.6 Å². The number of rotatable bonds is 10. The highest BCUT2D eigenvalue weighted by Crippen LogP contribution is 2.67. The first-order valence-electron chi connectivity index (χ1n) is 8.77. The van der Waals surface area contributed by atoms with Gasteiger partial charge >= 0.3 is 35.1 Å². The Morgan fingerprint density at radius 2 is 1.85 bits per heavy atom. The number of alkyl halides is 2. The van der Waals surface area contributed by atoms with Crippen LogP contribution in [0.1, 0.15) is 26.0 Å². The highest BCUT2D eigenvalue weighted by molar-refractivity contribution is 7.66. The van der Waals surface area contributed by atoms with Crippen LogP contribution in [0, 0.1) is 0 Å². The molecule has 1 aromatic heterocycles. The van der Waals surface area contributed by atoms with Crippen LogP contribution in [-0.4, -0.2) is 58.5 Å². The van der Waals surface area contributed by atoms with Crippen LogP contribution in [0.25, 0.3) is 0 Å². The summed E-state index contributed by atoms with van der Waals surface area (Å²) in [6, 6.07) is 0.996. The quantitative estimate of drug-likeness (QED) is 0.215. The molecule has 0 aromatic carbocycles. The number of aliphatic hydroxyl groups is 1. The Kier molecular flexibility index (Phi) is 8.39. The molecule has 1 aromatic rings. The van der Waals surface area contributed by atoms with Crippen LogP contribution in [0.2, 0.25) is 0 Å². The molecule has 1 fully saturated rings. The Balaban J connectivity index is 2.31. The minimum atomic E-state index is -5.87. The summed E-state index contributed by atoms with van der Waals surface area (Å²) in [6.07, 6.45) is -8.61. The van der Waals surface area contributed by atoms with Gasteiger partial charge in [-0.15, -0.1) is 0 Å². The predicted octanol–water partition coefficient (Wildman–Crippen LogP) is 0.231. The van der Waals surface area contributed by atoms with Crippen molar-refractivity contribution in [1.29, 1.82) is 0 Å².